The van der Waals surface area contributed by atoms with Gasteiger partial charge in [-0.15, -0.1) is 0 Å². The molecule has 1 rings (SSSR count). The molecule has 2 atom stereocenters. The Morgan fingerprint density at radius 2 is 2.46 bits per heavy atom. The van der Waals surface area contributed by atoms with E-state index in [9.17, 15) is 13.6 Å². The molecule has 0 aromatic rings. The summed E-state index contributed by atoms with van der Waals surface area (Å²) in [6.45, 7) is 3.69. The number of alkyl halides is 2. The molecular formula is C8H10F2O3. The highest BCUT2D eigenvalue weighted by atomic mass is 19.2. The van der Waals surface area contributed by atoms with Gasteiger partial charge in [-0.05, 0) is 6.92 Å². The Kier molecular flexibility index (Phi) is 2.66. The van der Waals surface area contributed by atoms with Crippen LogP contribution in [0.25, 0.3) is 0 Å². The van der Waals surface area contributed by atoms with Crippen LogP contribution in [0.5, 0.6) is 0 Å². The molecule has 0 N–H and O–H groups in total. The lowest BCUT2D eigenvalue weighted by atomic mass is 10.1. The Balaban J connectivity index is 2.34. The fourth-order valence-corrected chi connectivity index (χ4v) is 0.746. The molecule has 0 aromatic carbocycles. The number of hydrogen-bond donors (Lipinski definition) is 0. The summed E-state index contributed by atoms with van der Waals surface area (Å²) in [6.07, 6.45) is -1.72. The molecule has 1 fully saturated rings. The molecule has 0 amide bonds. The number of ether oxygens (including phenoxy) is 2. The van der Waals surface area contributed by atoms with Crippen LogP contribution in [-0.2, 0) is 14.3 Å². The van der Waals surface area contributed by atoms with Gasteiger partial charge in [0.2, 0.25) is 0 Å². The second-order valence-corrected chi connectivity index (χ2v) is 2.92. The van der Waals surface area contributed by atoms with Crippen LogP contribution in [0, 0.1) is 0 Å². The largest absolute Gasteiger partial charge is 0.456 e. The Hall–Kier alpha value is -0.970. The fraction of sp³-hybridized carbons (Fsp3) is 0.625. The van der Waals surface area contributed by atoms with Gasteiger partial charge in [0.05, 0.1) is 6.61 Å². The van der Waals surface area contributed by atoms with E-state index >= 15 is 0 Å². The van der Waals surface area contributed by atoms with Gasteiger partial charge in [-0.1, -0.05) is 6.58 Å². The Morgan fingerprint density at radius 3 is 2.77 bits per heavy atom. The van der Waals surface area contributed by atoms with Gasteiger partial charge in [0.25, 0.3) is 5.85 Å². The highest BCUT2D eigenvalue weighted by Gasteiger charge is 2.51. The van der Waals surface area contributed by atoms with E-state index in [0.29, 0.717) is 0 Å². The van der Waals surface area contributed by atoms with Gasteiger partial charge >= 0.3 is 5.97 Å². The lowest BCUT2D eigenvalue weighted by Gasteiger charge is -2.36. The molecule has 1 heterocycles. The third kappa shape index (κ3) is 2.03. The number of carbonyl (C=O) groups excluding carboxylic acids is 1. The zero-order valence-electron chi connectivity index (χ0n) is 7.18. The van der Waals surface area contributed by atoms with Gasteiger partial charge in [-0.25, -0.2) is 13.6 Å². The molecule has 2 unspecified atom stereocenters. The monoisotopic (exact) mass is 192 g/mol. The normalized spacial score (nSPS) is 32.1. The van der Waals surface area contributed by atoms with Crippen molar-refractivity contribution >= 4 is 5.97 Å². The molecule has 0 bridgehead atoms. The zero-order valence-corrected chi connectivity index (χ0v) is 7.18. The maximum atomic E-state index is 13.0. The smallest absolute Gasteiger partial charge is 0.333 e. The topological polar surface area (TPSA) is 35.5 Å². The maximum Gasteiger partial charge on any atom is 0.333 e. The maximum absolute atomic E-state index is 13.0. The van der Waals surface area contributed by atoms with E-state index in [1.54, 1.807) is 0 Å². The average Bonchev–Trinajstić information content (AvgIpc) is 2.10. The van der Waals surface area contributed by atoms with E-state index in [2.05, 4.69) is 16.1 Å². The zero-order chi connectivity index (χ0) is 10.1. The predicted octanol–water partition coefficient (Wildman–Crippen LogP) is 1.14. The molecule has 0 aromatic heterocycles. The second-order valence-electron chi connectivity index (χ2n) is 2.92. The Morgan fingerprint density at radius 1 is 1.85 bits per heavy atom. The van der Waals surface area contributed by atoms with E-state index in [-0.39, 0.29) is 12.2 Å². The first kappa shape index (κ1) is 10.1. The number of carbonyl (C=O) groups is 1. The minimum Gasteiger partial charge on any atom is -0.456 e. The second kappa shape index (κ2) is 3.41. The van der Waals surface area contributed by atoms with Crippen LogP contribution in [0.2, 0.25) is 0 Å². The van der Waals surface area contributed by atoms with Gasteiger partial charge in [0.15, 0.2) is 12.8 Å². The molecule has 0 spiro atoms. The predicted molar refractivity (Wildman–Crippen MR) is 40.5 cm³/mol. The van der Waals surface area contributed by atoms with Crippen molar-refractivity contribution in [1.29, 1.82) is 0 Å². The van der Waals surface area contributed by atoms with Crippen LogP contribution < -0.4 is 0 Å². The summed E-state index contributed by atoms with van der Waals surface area (Å²) in [7, 11) is 0. The molecule has 3 nitrogen and oxygen atoms in total. The van der Waals surface area contributed by atoms with Crippen molar-refractivity contribution in [3.8, 4) is 0 Å². The molecule has 1 aliphatic rings. The van der Waals surface area contributed by atoms with Gasteiger partial charge in [-0.3, -0.25) is 0 Å². The van der Waals surface area contributed by atoms with Crippen LogP contribution in [0.1, 0.15) is 6.92 Å². The minimum atomic E-state index is -2.45. The van der Waals surface area contributed by atoms with Gasteiger partial charge in [0, 0.05) is 5.57 Å². The van der Waals surface area contributed by atoms with E-state index in [4.69, 9.17) is 0 Å². The molecule has 1 saturated heterocycles. The van der Waals surface area contributed by atoms with Gasteiger partial charge in [-0.2, -0.15) is 0 Å². The first-order valence-corrected chi connectivity index (χ1v) is 3.75. The number of hydrogen-bond acceptors (Lipinski definition) is 3. The third-order valence-corrected chi connectivity index (χ3v) is 1.69. The minimum absolute atomic E-state index is 0.137. The molecule has 74 valence electrons. The van der Waals surface area contributed by atoms with Crippen molar-refractivity contribution in [1.82, 2.24) is 0 Å². The van der Waals surface area contributed by atoms with Crippen LogP contribution in [0.15, 0.2) is 12.2 Å². The summed E-state index contributed by atoms with van der Waals surface area (Å²) >= 11 is 0. The summed E-state index contributed by atoms with van der Waals surface area (Å²) in [4.78, 5) is 10.8. The summed E-state index contributed by atoms with van der Waals surface area (Å²) in [5.74, 6) is -3.20. The van der Waals surface area contributed by atoms with Crippen molar-refractivity contribution in [3.05, 3.63) is 12.2 Å². The van der Waals surface area contributed by atoms with Crippen LogP contribution >= 0.6 is 0 Å². The first-order chi connectivity index (χ1) is 5.96. The van der Waals surface area contributed by atoms with Gasteiger partial charge < -0.3 is 9.47 Å². The van der Waals surface area contributed by atoms with Gasteiger partial charge in [0.1, 0.15) is 0 Å². The fourth-order valence-electron chi connectivity index (χ4n) is 0.746. The van der Waals surface area contributed by atoms with Crippen LogP contribution in [-0.4, -0.2) is 31.2 Å². The quantitative estimate of drug-likeness (QED) is 0.497. The van der Waals surface area contributed by atoms with Crippen molar-refractivity contribution in [2.24, 2.45) is 0 Å². The van der Waals surface area contributed by atoms with Crippen LogP contribution in [0.4, 0.5) is 8.78 Å². The number of esters is 1. The highest BCUT2D eigenvalue weighted by Crippen LogP contribution is 2.31. The summed E-state index contributed by atoms with van der Waals surface area (Å²) in [5, 5.41) is 0. The van der Waals surface area contributed by atoms with E-state index in [1.807, 2.05) is 0 Å². The molecule has 0 radical (unpaired) electrons. The molecule has 0 saturated carbocycles. The van der Waals surface area contributed by atoms with E-state index in [0.717, 1.165) is 0 Å². The molecule has 0 aliphatic carbocycles. The van der Waals surface area contributed by atoms with Crippen molar-refractivity contribution in [2.75, 3.05) is 13.2 Å². The molecular weight excluding hydrogens is 182 g/mol. The average molecular weight is 192 g/mol. The van der Waals surface area contributed by atoms with E-state index in [1.165, 1.54) is 6.92 Å². The van der Waals surface area contributed by atoms with Crippen molar-refractivity contribution in [3.63, 3.8) is 0 Å². The Bertz CT molecular complexity index is 242. The third-order valence-electron chi connectivity index (χ3n) is 1.69. The summed E-state index contributed by atoms with van der Waals surface area (Å²) < 4.78 is 34.2. The van der Waals surface area contributed by atoms with E-state index < -0.39 is 24.6 Å². The summed E-state index contributed by atoms with van der Waals surface area (Å²) in [5.41, 5.74) is 0.137. The lowest BCUT2D eigenvalue weighted by Crippen LogP contribution is -2.55. The Labute approximate surface area is 74.3 Å². The first-order valence-electron chi connectivity index (χ1n) is 3.75. The van der Waals surface area contributed by atoms with Crippen molar-refractivity contribution in [2.45, 2.75) is 19.0 Å². The molecule has 5 heteroatoms. The lowest BCUT2D eigenvalue weighted by molar-refractivity contribution is -0.299. The van der Waals surface area contributed by atoms with Crippen LogP contribution in [0.3, 0.4) is 0 Å². The standard InChI is InChI=1S/C8H10F2O3/c1-5(2)7(11)12-4-8(10)6(9)3-13-8/h6H,1,3-4H2,2H3. The number of rotatable bonds is 3. The summed E-state index contributed by atoms with van der Waals surface area (Å²) in [6, 6.07) is 0. The SMILES string of the molecule is C=C(C)C(=O)OCC1(F)OCC1F. The highest BCUT2D eigenvalue weighted by molar-refractivity contribution is 5.86. The molecule has 13 heavy (non-hydrogen) atoms. The van der Waals surface area contributed by atoms with Crippen molar-refractivity contribution < 1.29 is 23.0 Å². The number of halogens is 2. The molecule has 1 aliphatic heterocycles.